The van der Waals surface area contributed by atoms with Gasteiger partial charge in [0.2, 0.25) is 0 Å². The van der Waals surface area contributed by atoms with E-state index in [0.29, 0.717) is 5.56 Å². The zero-order valence-corrected chi connectivity index (χ0v) is 14.7. The summed E-state index contributed by atoms with van der Waals surface area (Å²) < 4.78 is 7.01. The molecule has 0 bridgehead atoms. The molecule has 0 radical (unpaired) electrons. The summed E-state index contributed by atoms with van der Waals surface area (Å²) in [5.74, 6) is 0.927. The number of rotatable bonds is 3. The van der Waals surface area contributed by atoms with Gasteiger partial charge in [0.15, 0.2) is 0 Å². The van der Waals surface area contributed by atoms with Crippen molar-refractivity contribution in [2.45, 2.75) is 38.6 Å². The highest BCUT2D eigenvalue weighted by molar-refractivity contribution is 5.95. The van der Waals surface area contributed by atoms with Gasteiger partial charge in [-0.05, 0) is 37.5 Å². The number of methoxy groups -OCH3 is 1. The zero-order chi connectivity index (χ0) is 17.1. The molecule has 1 aromatic carbocycles. The fraction of sp³-hybridized carbons (Fsp3) is 0.474. The smallest absolute Gasteiger partial charge is 0.257 e. The minimum absolute atomic E-state index is 0.0864. The molecule has 1 aliphatic heterocycles. The molecule has 1 fully saturated rings. The summed E-state index contributed by atoms with van der Waals surface area (Å²) in [6.45, 7) is 2.74. The van der Waals surface area contributed by atoms with E-state index in [1.807, 2.05) is 31.0 Å². The first-order valence-corrected chi connectivity index (χ1v) is 8.55. The van der Waals surface area contributed by atoms with Gasteiger partial charge in [-0.15, -0.1) is 0 Å². The van der Waals surface area contributed by atoms with E-state index in [2.05, 4.69) is 17.2 Å². The summed E-state index contributed by atoms with van der Waals surface area (Å²) in [5.41, 5.74) is 2.79. The van der Waals surface area contributed by atoms with E-state index in [-0.39, 0.29) is 11.9 Å². The van der Waals surface area contributed by atoms with Gasteiger partial charge in [0.25, 0.3) is 5.91 Å². The molecule has 1 aliphatic rings. The van der Waals surface area contributed by atoms with E-state index >= 15 is 0 Å². The van der Waals surface area contributed by atoms with Gasteiger partial charge >= 0.3 is 0 Å². The van der Waals surface area contributed by atoms with Gasteiger partial charge in [-0.3, -0.25) is 9.48 Å². The molecule has 1 amide bonds. The molecule has 1 saturated heterocycles. The number of aromatic nitrogens is 2. The lowest BCUT2D eigenvalue weighted by Crippen LogP contribution is -2.35. The van der Waals surface area contributed by atoms with Crippen LogP contribution in [0.2, 0.25) is 0 Å². The Bertz CT molecular complexity index is 706. The maximum Gasteiger partial charge on any atom is 0.257 e. The highest BCUT2D eigenvalue weighted by Crippen LogP contribution is 2.32. The molecule has 0 saturated carbocycles. The second kappa shape index (κ2) is 7.07. The van der Waals surface area contributed by atoms with Crippen LogP contribution in [0.4, 0.5) is 0 Å². The van der Waals surface area contributed by atoms with Gasteiger partial charge in [0.1, 0.15) is 5.75 Å². The lowest BCUT2D eigenvalue weighted by atomic mass is 10.00. The third-order valence-corrected chi connectivity index (χ3v) is 4.98. The standard InChI is InChI=1S/C19H25N3O2/c1-14-17(13-20-21(14)2)19(23)22-12-6-4-5-7-18(22)15-8-10-16(24-3)11-9-15/h8-11,13,18H,4-7,12H2,1-3H3/t18-/m0/s1. The molecular formula is C19H25N3O2. The Labute approximate surface area is 143 Å². The average molecular weight is 327 g/mol. The number of benzene rings is 1. The van der Waals surface area contributed by atoms with Gasteiger partial charge in [-0.1, -0.05) is 25.0 Å². The molecular weight excluding hydrogens is 302 g/mol. The Balaban J connectivity index is 1.92. The predicted molar refractivity (Wildman–Crippen MR) is 93.2 cm³/mol. The monoisotopic (exact) mass is 327 g/mol. The van der Waals surface area contributed by atoms with Crippen LogP contribution in [0.25, 0.3) is 0 Å². The fourth-order valence-corrected chi connectivity index (χ4v) is 3.39. The Kier molecular flexibility index (Phi) is 4.88. The number of amides is 1. The van der Waals surface area contributed by atoms with Gasteiger partial charge < -0.3 is 9.64 Å². The van der Waals surface area contributed by atoms with E-state index in [1.54, 1.807) is 18.0 Å². The van der Waals surface area contributed by atoms with Crippen molar-refractivity contribution in [3.8, 4) is 5.75 Å². The molecule has 5 heteroatoms. The first kappa shape index (κ1) is 16.6. The lowest BCUT2D eigenvalue weighted by molar-refractivity contribution is 0.0680. The predicted octanol–water partition coefficient (Wildman–Crippen LogP) is 3.49. The minimum Gasteiger partial charge on any atom is -0.497 e. The molecule has 0 unspecified atom stereocenters. The largest absolute Gasteiger partial charge is 0.497 e. The third-order valence-electron chi connectivity index (χ3n) is 4.98. The average Bonchev–Trinajstić information content (AvgIpc) is 2.81. The first-order chi connectivity index (χ1) is 11.6. The number of carbonyl (C=O) groups is 1. The Morgan fingerprint density at radius 1 is 1.21 bits per heavy atom. The van der Waals surface area contributed by atoms with Crippen LogP contribution in [0.5, 0.6) is 5.75 Å². The Hall–Kier alpha value is -2.30. The van der Waals surface area contributed by atoms with Gasteiger partial charge in [-0.2, -0.15) is 5.10 Å². The van der Waals surface area contributed by atoms with E-state index < -0.39 is 0 Å². The van der Waals surface area contributed by atoms with E-state index in [0.717, 1.165) is 37.3 Å². The summed E-state index contributed by atoms with van der Waals surface area (Å²) in [7, 11) is 3.54. The van der Waals surface area contributed by atoms with Crippen LogP contribution < -0.4 is 4.74 Å². The summed E-state index contributed by atoms with van der Waals surface area (Å²) >= 11 is 0. The number of hydrogen-bond donors (Lipinski definition) is 0. The lowest BCUT2D eigenvalue weighted by Gasteiger charge is -2.30. The van der Waals surface area contributed by atoms with Crippen LogP contribution in [0.15, 0.2) is 30.5 Å². The van der Waals surface area contributed by atoms with Crippen LogP contribution >= 0.6 is 0 Å². The Morgan fingerprint density at radius 2 is 1.96 bits per heavy atom. The summed E-state index contributed by atoms with van der Waals surface area (Å²) in [4.78, 5) is 15.2. The number of ether oxygens (including phenoxy) is 1. The number of carbonyl (C=O) groups excluding carboxylic acids is 1. The van der Waals surface area contributed by atoms with Crippen molar-refractivity contribution in [2.75, 3.05) is 13.7 Å². The third kappa shape index (κ3) is 3.16. The van der Waals surface area contributed by atoms with E-state index in [1.165, 1.54) is 12.0 Å². The zero-order valence-electron chi connectivity index (χ0n) is 14.7. The first-order valence-electron chi connectivity index (χ1n) is 8.55. The fourth-order valence-electron chi connectivity index (χ4n) is 3.39. The number of hydrogen-bond acceptors (Lipinski definition) is 3. The highest BCUT2D eigenvalue weighted by atomic mass is 16.5. The molecule has 5 nitrogen and oxygen atoms in total. The van der Waals surface area contributed by atoms with Crippen molar-refractivity contribution in [3.05, 3.63) is 47.3 Å². The minimum atomic E-state index is 0.0864. The maximum absolute atomic E-state index is 13.1. The maximum atomic E-state index is 13.1. The number of likely N-dealkylation sites (tertiary alicyclic amines) is 1. The second-order valence-electron chi connectivity index (χ2n) is 6.40. The Morgan fingerprint density at radius 3 is 2.58 bits per heavy atom. The topological polar surface area (TPSA) is 47.4 Å². The quantitative estimate of drug-likeness (QED) is 0.867. The molecule has 128 valence electrons. The van der Waals surface area contributed by atoms with Crippen LogP contribution in [-0.2, 0) is 7.05 Å². The summed E-state index contributed by atoms with van der Waals surface area (Å²) in [5, 5.41) is 4.23. The normalized spacial score (nSPS) is 18.3. The van der Waals surface area contributed by atoms with Crippen molar-refractivity contribution in [1.82, 2.24) is 14.7 Å². The molecule has 2 heterocycles. The number of nitrogens with zero attached hydrogens (tertiary/aromatic N) is 3. The SMILES string of the molecule is COc1ccc([C@@H]2CCCCCN2C(=O)c2cnn(C)c2C)cc1. The van der Waals surface area contributed by atoms with Crippen molar-refractivity contribution >= 4 is 5.91 Å². The van der Waals surface area contributed by atoms with Crippen molar-refractivity contribution in [2.24, 2.45) is 7.05 Å². The second-order valence-corrected chi connectivity index (χ2v) is 6.40. The molecule has 24 heavy (non-hydrogen) atoms. The van der Waals surface area contributed by atoms with Crippen molar-refractivity contribution in [1.29, 1.82) is 0 Å². The van der Waals surface area contributed by atoms with Gasteiger partial charge in [0, 0.05) is 19.3 Å². The highest BCUT2D eigenvalue weighted by Gasteiger charge is 2.29. The van der Waals surface area contributed by atoms with Crippen molar-refractivity contribution < 1.29 is 9.53 Å². The van der Waals surface area contributed by atoms with E-state index in [4.69, 9.17) is 4.74 Å². The van der Waals surface area contributed by atoms with Crippen LogP contribution in [0.3, 0.4) is 0 Å². The van der Waals surface area contributed by atoms with Crippen LogP contribution in [-0.4, -0.2) is 34.2 Å². The van der Waals surface area contributed by atoms with E-state index in [9.17, 15) is 4.79 Å². The molecule has 0 N–H and O–H groups in total. The summed E-state index contributed by atoms with van der Waals surface area (Å²) in [6.07, 6.45) is 6.05. The van der Waals surface area contributed by atoms with Gasteiger partial charge in [-0.25, -0.2) is 0 Å². The number of aryl methyl sites for hydroxylation is 1. The van der Waals surface area contributed by atoms with Crippen LogP contribution in [0, 0.1) is 6.92 Å². The molecule has 1 atom stereocenters. The van der Waals surface area contributed by atoms with Crippen molar-refractivity contribution in [3.63, 3.8) is 0 Å². The molecule has 2 aromatic rings. The molecule has 1 aromatic heterocycles. The molecule has 0 aliphatic carbocycles. The summed E-state index contributed by atoms with van der Waals surface area (Å²) in [6, 6.07) is 8.21. The molecule has 3 rings (SSSR count). The van der Waals surface area contributed by atoms with Gasteiger partial charge in [0.05, 0.1) is 24.9 Å². The van der Waals surface area contributed by atoms with Crippen LogP contribution in [0.1, 0.15) is 53.3 Å². The molecule has 0 spiro atoms.